The molecule has 0 radical (unpaired) electrons. The number of nitrogens with zero attached hydrogens (tertiary/aromatic N) is 2. The molecular formula is C19H15ClN2O6. The number of hydrogen-bond acceptors (Lipinski definition) is 6. The number of anilines is 1. The van der Waals surface area contributed by atoms with Crippen LogP contribution in [-0.2, 0) is 14.3 Å². The number of ether oxygens (including phenoxy) is 1. The molecule has 1 saturated heterocycles. The van der Waals surface area contributed by atoms with E-state index in [1.807, 2.05) is 0 Å². The quantitative estimate of drug-likeness (QED) is 0.318. The van der Waals surface area contributed by atoms with Gasteiger partial charge in [-0.15, -0.1) is 0 Å². The second-order valence-electron chi connectivity index (χ2n) is 6.22. The van der Waals surface area contributed by atoms with Crippen LogP contribution < -0.4 is 4.90 Å². The summed E-state index contributed by atoms with van der Waals surface area (Å²) in [6.45, 7) is -0.426. The SMILES string of the molecule is O=C(COC(=O)[C@H]1CC(=O)N(c2cccc(Cl)c2)C1)c1cccc([N+](=O)[O-])c1. The fourth-order valence-corrected chi connectivity index (χ4v) is 3.07. The molecule has 0 bridgehead atoms. The average molecular weight is 403 g/mol. The molecule has 28 heavy (non-hydrogen) atoms. The zero-order valence-electron chi connectivity index (χ0n) is 14.5. The molecule has 2 aromatic carbocycles. The summed E-state index contributed by atoms with van der Waals surface area (Å²) in [7, 11) is 0. The van der Waals surface area contributed by atoms with Crippen LogP contribution in [0.5, 0.6) is 0 Å². The maximum atomic E-state index is 12.3. The van der Waals surface area contributed by atoms with E-state index in [4.69, 9.17) is 16.3 Å². The van der Waals surface area contributed by atoms with Gasteiger partial charge in [-0.3, -0.25) is 24.5 Å². The van der Waals surface area contributed by atoms with E-state index in [2.05, 4.69) is 0 Å². The summed E-state index contributed by atoms with van der Waals surface area (Å²) in [6.07, 6.45) is -0.0314. The molecule has 0 N–H and O–H groups in total. The van der Waals surface area contributed by atoms with Crippen LogP contribution in [0.25, 0.3) is 0 Å². The zero-order valence-corrected chi connectivity index (χ0v) is 15.3. The van der Waals surface area contributed by atoms with Gasteiger partial charge in [-0.1, -0.05) is 29.8 Å². The third-order valence-corrected chi connectivity index (χ3v) is 4.54. The first kappa shape index (κ1) is 19.5. The smallest absolute Gasteiger partial charge is 0.311 e. The highest BCUT2D eigenvalue weighted by molar-refractivity contribution is 6.31. The minimum Gasteiger partial charge on any atom is -0.457 e. The van der Waals surface area contributed by atoms with Crippen molar-refractivity contribution in [3.8, 4) is 0 Å². The molecule has 0 spiro atoms. The number of ketones is 1. The highest BCUT2D eigenvalue weighted by Crippen LogP contribution is 2.27. The molecule has 0 saturated carbocycles. The number of amides is 1. The van der Waals surface area contributed by atoms with Crippen molar-refractivity contribution >= 4 is 40.6 Å². The van der Waals surface area contributed by atoms with Gasteiger partial charge in [0.2, 0.25) is 11.7 Å². The van der Waals surface area contributed by atoms with Gasteiger partial charge < -0.3 is 9.64 Å². The monoisotopic (exact) mass is 402 g/mol. The Balaban J connectivity index is 1.59. The van der Waals surface area contributed by atoms with Crippen molar-refractivity contribution in [3.05, 3.63) is 69.2 Å². The van der Waals surface area contributed by atoms with Gasteiger partial charge in [0.25, 0.3) is 5.69 Å². The summed E-state index contributed by atoms with van der Waals surface area (Å²) in [5.41, 5.74) is 0.432. The van der Waals surface area contributed by atoms with Gasteiger partial charge in [0.1, 0.15) is 0 Å². The van der Waals surface area contributed by atoms with Gasteiger partial charge in [0.15, 0.2) is 6.61 Å². The van der Waals surface area contributed by atoms with Crippen LogP contribution in [0.1, 0.15) is 16.8 Å². The molecule has 0 aliphatic carbocycles. The van der Waals surface area contributed by atoms with E-state index in [1.54, 1.807) is 24.3 Å². The van der Waals surface area contributed by atoms with Gasteiger partial charge >= 0.3 is 5.97 Å². The Morgan fingerprint density at radius 3 is 2.68 bits per heavy atom. The number of benzene rings is 2. The molecule has 1 fully saturated rings. The number of carbonyl (C=O) groups excluding carboxylic acids is 3. The normalized spacial score (nSPS) is 16.1. The van der Waals surface area contributed by atoms with Crippen LogP contribution in [0.15, 0.2) is 48.5 Å². The van der Waals surface area contributed by atoms with Crippen LogP contribution in [0.2, 0.25) is 5.02 Å². The molecule has 9 heteroatoms. The average Bonchev–Trinajstić information content (AvgIpc) is 3.07. The van der Waals surface area contributed by atoms with E-state index in [1.165, 1.54) is 23.1 Å². The van der Waals surface area contributed by atoms with Gasteiger partial charge in [0, 0.05) is 41.4 Å². The number of esters is 1. The maximum absolute atomic E-state index is 12.3. The molecule has 1 aliphatic heterocycles. The van der Waals surface area contributed by atoms with Gasteiger partial charge in [-0.25, -0.2) is 0 Å². The highest BCUT2D eigenvalue weighted by Gasteiger charge is 2.36. The first-order chi connectivity index (χ1) is 13.3. The second-order valence-corrected chi connectivity index (χ2v) is 6.66. The minimum absolute atomic E-state index is 0.0314. The second kappa shape index (κ2) is 8.18. The molecule has 0 aromatic heterocycles. The lowest BCUT2D eigenvalue weighted by atomic mass is 10.1. The Bertz CT molecular complexity index is 961. The number of Topliss-reactive ketones (excluding diaryl/α,β-unsaturated/α-hetero) is 1. The Kier molecular flexibility index (Phi) is 5.70. The van der Waals surface area contributed by atoms with E-state index < -0.39 is 29.2 Å². The number of hydrogen-bond donors (Lipinski definition) is 0. The van der Waals surface area contributed by atoms with Gasteiger partial charge in [0.05, 0.1) is 10.8 Å². The largest absolute Gasteiger partial charge is 0.457 e. The first-order valence-corrected chi connectivity index (χ1v) is 8.73. The number of non-ortho nitro benzene ring substituents is 1. The third kappa shape index (κ3) is 4.34. The number of carbonyl (C=O) groups is 3. The number of halogens is 1. The lowest BCUT2D eigenvalue weighted by Gasteiger charge is -2.16. The van der Waals surface area contributed by atoms with Gasteiger partial charge in [-0.05, 0) is 18.2 Å². The third-order valence-electron chi connectivity index (χ3n) is 4.30. The molecule has 2 aromatic rings. The zero-order chi connectivity index (χ0) is 20.3. The van der Waals surface area contributed by atoms with Crippen LogP contribution in [0.3, 0.4) is 0 Å². The summed E-state index contributed by atoms with van der Waals surface area (Å²) in [4.78, 5) is 48.2. The van der Waals surface area contributed by atoms with E-state index in [0.29, 0.717) is 10.7 Å². The van der Waals surface area contributed by atoms with E-state index in [9.17, 15) is 24.5 Å². The Morgan fingerprint density at radius 1 is 1.21 bits per heavy atom. The standard InChI is InChI=1S/C19H15ClN2O6/c20-14-4-2-5-15(9-14)21-10-13(8-18(21)24)19(25)28-11-17(23)12-3-1-6-16(7-12)22(26)27/h1-7,9,13H,8,10-11H2/t13-/m0/s1. The minimum atomic E-state index is -0.704. The predicted molar refractivity (Wildman–Crippen MR) is 100 cm³/mol. The fraction of sp³-hybridized carbons (Fsp3) is 0.211. The highest BCUT2D eigenvalue weighted by atomic mass is 35.5. The van der Waals surface area contributed by atoms with E-state index in [-0.39, 0.29) is 30.1 Å². The maximum Gasteiger partial charge on any atom is 0.311 e. The Labute approximate surface area is 164 Å². The van der Waals surface area contributed by atoms with Crippen molar-refractivity contribution in [1.29, 1.82) is 0 Å². The van der Waals surface area contributed by atoms with Crippen molar-refractivity contribution in [2.75, 3.05) is 18.1 Å². The van der Waals surface area contributed by atoms with Crippen molar-refractivity contribution in [1.82, 2.24) is 0 Å². The van der Waals surface area contributed by atoms with Crippen LogP contribution in [0.4, 0.5) is 11.4 Å². The van der Waals surface area contributed by atoms with Gasteiger partial charge in [-0.2, -0.15) is 0 Å². The summed E-state index contributed by atoms with van der Waals surface area (Å²) >= 11 is 5.93. The van der Waals surface area contributed by atoms with E-state index in [0.717, 1.165) is 6.07 Å². The van der Waals surface area contributed by atoms with Crippen molar-refractivity contribution in [2.24, 2.45) is 5.92 Å². The lowest BCUT2D eigenvalue weighted by molar-refractivity contribution is -0.384. The molecular weight excluding hydrogens is 388 g/mol. The Hall–Kier alpha value is -3.26. The summed E-state index contributed by atoms with van der Waals surface area (Å²) < 4.78 is 5.04. The fourth-order valence-electron chi connectivity index (χ4n) is 2.89. The number of rotatable bonds is 6. The lowest BCUT2D eigenvalue weighted by Crippen LogP contribution is -2.27. The van der Waals surface area contributed by atoms with Crippen LogP contribution >= 0.6 is 11.6 Å². The first-order valence-electron chi connectivity index (χ1n) is 8.35. The van der Waals surface area contributed by atoms with Crippen molar-refractivity contribution in [2.45, 2.75) is 6.42 Å². The molecule has 144 valence electrons. The molecule has 8 nitrogen and oxygen atoms in total. The summed E-state index contributed by atoms with van der Waals surface area (Å²) in [5.74, 6) is -2.18. The molecule has 0 unspecified atom stereocenters. The number of nitro benzene ring substituents is 1. The molecule has 3 rings (SSSR count). The predicted octanol–water partition coefficient (Wildman–Crippen LogP) is 3.03. The molecule has 1 aliphatic rings. The van der Waals surface area contributed by atoms with Crippen LogP contribution in [0, 0.1) is 16.0 Å². The molecule has 1 heterocycles. The summed E-state index contributed by atoms with van der Waals surface area (Å²) in [5, 5.41) is 11.3. The van der Waals surface area contributed by atoms with Crippen molar-refractivity contribution < 1.29 is 24.0 Å². The van der Waals surface area contributed by atoms with Crippen molar-refractivity contribution in [3.63, 3.8) is 0 Å². The molecule has 1 amide bonds. The van der Waals surface area contributed by atoms with Crippen LogP contribution in [-0.4, -0.2) is 35.7 Å². The van der Waals surface area contributed by atoms with E-state index >= 15 is 0 Å². The Morgan fingerprint density at radius 2 is 1.96 bits per heavy atom. The summed E-state index contributed by atoms with van der Waals surface area (Å²) in [6, 6.07) is 11.9. The number of nitro groups is 1. The topological polar surface area (TPSA) is 107 Å². The molecule has 1 atom stereocenters.